The van der Waals surface area contributed by atoms with Gasteiger partial charge in [-0.25, -0.2) is 12.4 Å². The molecule has 31 heavy (non-hydrogen) atoms. The molecule has 9 heteroatoms. The second kappa shape index (κ2) is 7.22. The largest absolute Gasteiger partial charge is 0.497 e. The van der Waals surface area contributed by atoms with E-state index < -0.39 is 16.1 Å². The molecule has 0 saturated heterocycles. The van der Waals surface area contributed by atoms with Gasteiger partial charge in [0, 0.05) is 5.39 Å². The molecule has 0 spiro atoms. The smallest absolute Gasteiger partial charge is 0.268 e. The molecule has 2 heterocycles. The van der Waals surface area contributed by atoms with E-state index in [0.29, 0.717) is 27.7 Å². The molecular formula is C22H18N4O4S. The van der Waals surface area contributed by atoms with Crippen LogP contribution < -0.4 is 4.74 Å². The van der Waals surface area contributed by atoms with E-state index in [0.717, 1.165) is 5.52 Å². The lowest BCUT2D eigenvalue weighted by Gasteiger charge is -2.16. The van der Waals surface area contributed by atoms with Gasteiger partial charge in [-0.05, 0) is 54.1 Å². The van der Waals surface area contributed by atoms with Crippen LogP contribution in [0.25, 0.3) is 21.9 Å². The molecule has 2 N–H and O–H groups in total. The number of methoxy groups -OCH3 is 1. The first-order valence-corrected chi connectivity index (χ1v) is 10.9. The fourth-order valence-electron chi connectivity index (χ4n) is 3.67. The minimum absolute atomic E-state index is 0.128. The number of aromatic amines is 1. The number of hydrogen-bond donors (Lipinski definition) is 2. The number of aromatic nitrogens is 4. The van der Waals surface area contributed by atoms with Gasteiger partial charge in [0.2, 0.25) is 0 Å². The van der Waals surface area contributed by atoms with Crippen molar-refractivity contribution in [1.29, 1.82) is 0 Å². The molecule has 5 rings (SSSR count). The van der Waals surface area contributed by atoms with Crippen LogP contribution in [0.1, 0.15) is 17.4 Å². The van der Waals surface area contributed by atoms with Crippen LogP contribution in [0.5, 0.6) is 5.75 Å². The number of rotatable bonds is 5. The topological polar surface area (TPSA) is 110 Å². The van der Waals surface area contributed by atoms with E-state index in [-0.39, 0.29) is 10.6 Å². The van der Waals surface area contributed by atoms with Gasteiger partial charge in [-0.1, -0.05) is 29.5 Å². The van der Waals surface area contributed by atoms with Gasteiger partial charge >= 0.3 is 0 Å². The summed E-state index contributed by atoms with van der Waals surface area (Å²) in [5, 5.41) is 22.4. The minimum atomic E-state index is -3.98. The lowest BCUT2D eigenvalue weighted by atomic mass is 10.1. The van der Waals surface area contributed by atoms with Crippen LogP contribution in [0.4, 0.5) is 0 Å². The predicted molar refractivity (Wildman–Crippen MR) is 115 cm³/mol. The fourth-order valence-corrected chi connectivity index (χ4v) is 5.24. The van der Waals surface area contributed by atoms with E-state index in [1.807, 2.05) is 0 Å². The molecule has 0 aliphatic carbocycles. The number of benzene rings is 3. The average molecular weight is 434 g/mol. The molecule has 5 aromatic rings. The molecule has 0 aliphatic heterocycles. The molecule has 1 unspecified atom stereocenters. The average Bonchev–Trinajstić information content (AvgIpc) is 3.42. The quantitative estimate of drug-likeness (QED) is 0.439. The maximum atomic E-state index is 13.6. The number of fused-ring (bicyclic) bond motifs is 2. The van der Waals surface area contributed by atoms with Crippen molar-refractivity contribution in [3.8, 4) is 5.75 Å². The van der Waals surface area contributed by atoms with Crippen molar-refractivity contribution in [2.45, 2.75) is 11.0 Å². The van der Waals surface area contributed by atoms with Gasteiger partial charge in [0.25, 0.3) is 10.0 Å². The second-order valence-electron chi connectivity index (χ2n) is 7.07. The number of hydrogen-bond acceptors (Lipinski definition) is 6. The van der Waals surface area contributed by atoms with Crippen LogP contribution in [0.15, 0.2) is 77.7 Å². The van der Waals surface area contributed by atoms with E-state index in [1.54, 1.807) is 67.8 Å². The Morgan fingerprint density at radius 1 is 1.03 bits per heavy atom. The van der Waals surface area contributed by atoms with Crippen LogP contribution in [-0.2, 0) is 10.0 Å². The maximum absolute atomic E-state index is 13.6. The summed E-state index contributed by atoms with van der Waals surface area (Å²) in [5.74, 6) is 0.590. The Bertz CT molecular complexity index is 1510. The van der Waals surface area contributed by atoms with Gasteiger partial charge in [0.15, 0.2) is 0 Å². The SMILES string of the molecule is COc1ccc2c(c1)cc(C(O)c1ccc3[nH]nnc3c1)n2S(=O)(=O)c1ccccc1. The van der Waals surface area contributed by atoms with E-state index in [2.05, 4.69) is 15.4 Å². The zero-order valence-electron chi connectivity index (χ0n) is 16.4. The van der Waals surface area contributed by atoms with E-state index in [4.69, 9.17) is 4.74 Å². The van der Waals surface area contributed by atoms with Gasteiger partial charge in [0.05, 0.1) is 28.7 Å². The third-order valence-electron chi connectivity index (χ3n) is 5.22. The van der Waals surface area contributed by atoms with E-state index in [1.165, 1.54) is 16.1 Å². The Labute approximate surface area is 177 Å². The highest BCUT2D eigenvalue weighted by Crippen LogP contribution is 2.34. The van der Waals surface area contributed by atoms with Gasteiger partial charge in [-0.2, -0.15) is 0 Å². The summed E-state index contributed by atoms with van der Waals surface area (Å²) in [6, 6.07) is 20.0. The predicted octanol–water partition coefficient (Wildman–Crippen LogP) is 3.24. The Balaban J connectivity index is 1.76. The van der Waals surface area contributed by atoms with Crippen molar-refractivity contribution < 1.29 is 18.3 Å². The number of nitrogens with zero attached hydrogens (tertiary/aromatic N) is 3. The van der Waals surface area contributed by atoms with Crippen molar-refractivity contribution in [2.24, 2.45) is 0 Å². The molecule has 3 aromatic carbocycles. The second-order valence-corrected chi connectivity index (χ2v) is 8.85. The van der Waals surface area contributed by atoms with Crippen LogP contribution >= 0.6 is 0 Å². The molecule has 0 bridgehead atoms. The summed E-state index contributed by atoms with van der Waals surface area (Å²) in [4.78, 5) is 0.128. The van der Waals surface area contributed by atoms with Crippen LogP contribution in [0, 0.1) is 0 Å². The highest BCUT2D eigenvalue weighted by Gasteiger charge is 2.27. The Hall–Kier alpha value is -3.69. The van der Waals surface area contributed by atoms with Crippen molar-refractivity contribution >= 4 is 32.0 Å². The summed E-state index contributed by atoms with van der Waals surface area (Å²) >= 11 is 0. The zero-order chi connectivity index (χ0) is 21.6. The molecule has 2 aromatic heterocycles. The van der Waals surface area contributed by atoms with Crippen molar-refractivity contribution in [3.63, 3.8) is 0 Å². The number of aliphatic hydroxyl groups is 1. The summed E-state index contributed by atoms with van der Waals surface area (Å²) < 4.78 is 33.6. The molecule has 1 atom stereocenters. The zero-order valence-corrected chi connectivity index (χ0v) is 17.2. The Morgan fingerprint density at radius 3 is 2.61 bits per heavy atom. The van der Waals surface area contributed by atoms with Crippen molar-refractivity contribution in [3.05, 3.63) is 84.1 Å². The third-order valence-corrected chi connectivity index (χ3v) is 6.97. The molecule has 0 radical (unpaired) electrons. The molecule has 0 saturated carbocycles. The molecular weight excluding hydrogens is 416 g/mol. The first kappa shape index (κ1) is 19.3. The third kappa shape index (κ3) is 3.15. The fraction of sp³-hybridized carbons (Fsp3) is 0.0909. The number of H-pyrrole nitrogens is 1. The maximum Gasteiger partial charge on any atom is 0.268 e. The monoisotopic (exact) mass is 434 g/mol. The Kier molecular flexibility index (Phi) is 4.49. The molecule has 0 aliphatic rings. The lowest BCUT2D eigenvalue weighted by Crippen LogP contribution is -2.18. The minimum Gasteiger partial charge on any atom is -0.497 e. The molecule has 156 valence electrons. The van der Waals surface area contributed by atoms with Gasteiger partial charge in [-0.15, -0.1) is 5.10 Å². The van der Waals surface area contributed by atoms with Gasteiger partial charge in [-0.3, -0.25) is 5.10 Å². The summed E-state index contributed by atoms with van der Waals surface area (Å²) in [5.41, 5.74) is 2.46. The van der Waals surface area contributed by atoms with Crippen molar-refractivity contribution in [2.75, 3.05) is 7.11 Å². The first-order valence-electron chi connectivity index (χ1n) is 9.48. The highest BCUT2D eigenvalue weighted by atomic mass is 32.2. The van der Waals surface area contributed by atoms with Gasteiger partial charge in [0.1, 0.15) is 17.4 Å². The summed E-state index contributed by atoms with van der Waals surface area (Å²) in [6.45, 7) is 0. The molecule has 0 amide bonds. The van der Waals surface area contributed by atoms with Crippen LogP contribution in [0.2, 0.25) is 0 Å². The molecule has 8 nitrogen and oxygen atoms in total. The lowest BCUT2D eigenvalue weighted by molar-refractivity contribution is 0.215. The summed E-state index contributed by atoms with van der Waals surface area (Å²) in [6.07, 6.45) is -1.21. The standard InChI is InChI=1S/C22H18N4O4S/c1-30-16-8-10-20-15(11-16)13-21(26(20)31(28,29)17-5-3-2-4-6-17)22(27)14-7-9-18-19(12-14)24-25-23-18/h2-13,22,27H,1H3,(H,23,24,25). The van der Waals surface area contributed by atoms with Crippen LogP contribution in [0.3, 0.4) is 0 Å². The highest BCUT2D eigenvalue weighted by molar-refractivity contribution is 7.90. The Morgan fingerprint density at radius 2 is 1.84 bits per heavy atom. The summed E-state index contributed by atoms with van der Waals surface area (Å²) in [7, 11) is -2.43. The number of nitrogens with one attached hydrogen (secondary N) is 1. The van der Waals surface area contributed by atoms with Gasteiger partial charge < -0.3 is 9.84 Å². The van der Waals surface area contributed by atoms with Crippen LogP contribution in [-0.4, -0.2) is 40.0 Å². The van der Waals surface area contributed by atoms with E-state index in [9.17, 15) is 13.5 Å². The number of ether oxygens (including phenoxy) is 1. The normalized spacial score (nSPS) is 13.0. The molecule has 0 fully saturated rings. The van der Waals surface area contributed by atoms with E-state index >= 15 is 0 Å². The number of aliphatic hydroxyl groups excluding tert-OH is 1. The van der Waals surface area contributed by atoms with Crippen molar-refractivity contribution in [1.82, 2.24) is 19.4 Å². The first-order chi connectivity index (χ1) is 15.0.